The molecule has 0 bridgehead atoms. The van der Waals surface area contributed by atoms with Crippen LogP contribution < -0.4 is 5.32 Å². The van der Waals surface area contributed by atoms with Gasteiger partial charge in [0.2, 0.25) is 11.8 Å². The van der Waals surface area contributed by atoms with E-state index in [-0.39, 0.29) is 36.0 Å². The Morgan fingerprint density at radius 1 is 1.19 bits per heavy atom. The van der Waals surface area contributed by atoms with Crippen LogP contribution in [0.25, 0.3) is 0 Å². The van der Waals surface area contributed by atoms with Crippen LogP contribution in [0.3, 0.4) is 0 Å². The maximum atomic E-state index is 13.3. The second-order valence-corrected chi connectivity index (χ2v) is 10.1. The Bertz CT molecular complexity index is 923. The highest BCUT2D eigenvalue weighted by atomic mass is 32.2. The maximum absolute atomic E-state index is 13.3. The summed E-state index contributed by atoms with van der Waals surface area (Å²) in [6.45, 7) is 1.72. The summed E-state index contributed by atoms with van der Waals surface area (Å²) in [5, 5.41) is 14.1. The summed E-state index contributed by atoms with van der Waals surface area (Å²) in [7, 11) is 0. The molecule has 3 fully saturated rings. The summed E-state index contributed by atoms with van der Waals surface area (Å²) >= 11 is 1.43. The number of non-ortho nitro benzene ring substituents is 1. The smallest absolute Gasteiger partial charge is 0.269 e. The molecule has 1 atom stereocenters. The number of aliphatic imine (C=N–C) groups is 1. The molecule has 1 saturated heterocycles. The summed E-state index contributed by atoms with van der Waals surface area (Å²) in [5.41, 5.74) is 1.13. The van der Waals surface area contributed by atoms with Gasteiger partial charge in [-0.05, 0) is 44.2 Å². The summed E-state index contributed by atoms with van der Waals surface area (Å²) < 4.78 is 0. The molecule has 9 heteroatoms. The Morgan fingerprint density at radius 2 is 1.88 bits per heavy atom. The molecule has 1 aliphatic heterocycles. The van der Waals surface area contributed by atoms with Gasteiger partial charge in [0.15, 0.2) is 5.17 Å². The number of hydrogen-bond donors (Lipinski definition) is 1. The van der Waals surface area contributed by atoms with E-state index in [1.807, 2.05) is 4.90 Å². The van der Waals surface area contributed by atoms with Crippen molar-refractivity contribution in [3.05, 3.63) is 33.9 Å². The zero-order valence-corrected chi connectivity index (χ0v) is 19.2. The van der Waals surface area contributed by atoms with Crippen LogP contribution in [0.1, 0.15) is 69.8 Å². The van der Waals surface area contributed by atoms with Crippen molar-refractivity contribution in [2.24, 2.45) is 4.99 Å². The number of anilines is 1. The fourth-order valence-corrected chi connectivity index (χ4v) is 6.11. The van der Waals surface area contributed by atoms with Crippen LogP contribution in [0.5, 0.6) is 0 Å². The number of amidine groups is 1. The minimum Gasteiger partial charge on any atom is -0.326 e. The first-order valence-electron chi connectivity index (χ1n) is 11.5. The monoisotopic (exact) mass is 458 g/mol. The highest BCUT2D eigenvalue weighted by molar-refractivity contribution is 8.15. The first-order valence-corrected chi connectivity index (χ1v) is 12.4. The van der Waals surface area contributed by atoms with E-state index in [1.54, 1.807) is 6.92 Å². The number of carbonyl (C=O) groups is 2. The number of nitrogens with one attached hydrogen (secondary N) is 1. The van der Waals surface area contributed by atoms with Gasteiger partial charge in [-0.2, -0.15) is 0 Å². The lowest BCUT2D eigenvalue weighted by atomic mass is 9.94. The van der Waals surface area contributed by atoms with Crippen molar-refractivity contribution in [1.29, 1.82) is 0 Å². The highest BCUT2D eigenvalue weighted by Gasteiger charge is 2.43. The number of nitrogens with zero attached hydrogens (tertiary/aromatic N) is 3. The van der Waals surface area contributed by atoms with Crippen LogP contribution >= 0.6 is 11.8 Å². The van der Waals surface area contributed by atoms with Gasteiger partial charge in [0, 0.05) is 30.3 Å². The quantitative estimate of drug-likeness (QED) is 0.487. The molecule has 2 aliphatic carbocycles. The molecule has 1 N–H and O–H groups in total. The molecular formula is C23H30N4O4S. The molecule has 2 amide bonds. The number of benzene rings is 1. The van der Waals surface area contributed by atoms with E-state index in [9.17, 15) is 19.7 Å². The lowest BCUT2D eigenvalue weighted by Crippen LogP contribution is -2.42. The fourth-order valence-electron chi connectivity index (χ4n) is 4.84. The second-order valence-electron chi connectivity index (χ2n) is 8.97. The largest absolute Gasteiger partial charge is 0.326 e. The molecular weight excluding hydrogens is 428 g/mol. The predicted molar refractivity (Wildman–Crippen MR) is 126 cm³/mol. The molecule has 172 valence electrons. The maximum Gasteiger partial charge on any atom is 0.269 e. The summed E-state index contributed by atoms with van der Waals surface area (Å²) in [6.07, 6.45) is 10.0. The molecule has 1 heterocycles. The van der Waals surface area contributed by atoms with Gasteiger partial charge >= 0.3 is 0 Å². The highest BCUT2D eigenvalue weighted by Crippen LogP contribution is 2.37. The minimum absolute atomic E-state index is 0.00535. The van der Waals surface area contributed by atoms with Gasteiger partial charge in [0.05, 0.1) is 11.0 Å². The number of nitro groups is 1. The Labute approximate surface area is 192 Å². The molecule has 0 spiro atoms. The number of amides is 2. The molecule has 4 rings (SSSR count). The molecule has 2 saturated carbocycles. The van der Waals surface area contributed by atoms with Crippen molar-refractivity contribution in [3.63, 3.8) is 0 Å². The van der Waals surface area contributed by atoms with Crippen molar-refractivity contribution >= 4 is 40.1 Å². The van der Waals surface area contributed by atoms with Crippen LogP contribution in [0.15, 0.2) is 23.2 Å². The Balaban J connectivity index is 1.46. The van der Waals surface area contributed by atoms with Crippen LogP contribution in [-0.2, 0) is 9.59 Å². The fraction of sp³-hybridized carbons (Fsp3) is 0.609. The van der Waals surface area contributed by atoms with Crippen LogP contribution in [0.2, 0.25) is 0 Å². The third-order valence-electron chi connectivity index (χ3n) is 6.59. The molecule has 0 aromatic heterocycles. The summed E-state index contributed by atoms with van der Waals surface area (Å²) in [4.78, 5) is 43.4. The lowest BCUT2D eigenvalue weighted by molar-refractivity contribution is -0.384. The summed E-state index contributed by atoms with van der Waals surface area (Å²) in [6, 6.07) is 4.81. The van der Waals surface area contributed by atoms with Gasteiger partial charge in [-0.3, -0.25) is 29.6 Å². The number of carbonyl (C=O) groups excluding carboxylic acids is 2. The van der Waals surface area contributed by atoms with E-state index >= 15 is 0 Å². The second kappa shape index (κ2) is 10.0. The van der Waals surface area contributed by atoms with E-state index in [1.165, 1.54) is 49.2 Å². The van der Waals surface area contributed by atoms with Crippen molar-refractivity contribution in [3.8, 4) is 0 Å². The zero-order valence-electron chi connectivity index (χ0n) is 18.4. The number of hydrogen-bond acceptors (Lipinski definition) is 6. The van der Waals surface area contributed by atoms with Gasteiger partial charge in [0.1, 0.15) is 5.25 Å². The van der Waals surface area contributed by atoms with Crippen molar-refractivity contribution in [2.75, 3.05) is 5.32 Å². The predicted octanol–water partition coefficient (Wildman–Crippen LogP) is 4.81. The van der Waals surface area contributed by atoms with Crippen LogP contribution in [-0.4, -0.2) is 44.1 Å². The molecule has 8 nitrogen and oxygen atoms in total. The van der Waals surface area contributed by atoms with Crippen molar-refractivity contribution < 1.29 is 14.5 Å². The van der Waals surface area contributed by atoms with Gasteiger partial charge in [-0.1, -0.05) is 43.9 Å². The first-order chi connectivity index (χ1) is 15.4. The Kier molecular flexibility index (Phi) is 7.13. The molecule has 32 heavy (non-hydrogen) atoms. The number of thioether (sulfide) groups is 1. The zero-order chi connectivity index (χ0) is 22.7. The number of rotatable bonds is 6. The van der Waals surface area contributed by atoms with Crippen molar-refractivity contribution in [2.45, 2.75) is 88.5 Å². The average molecular weight is 459 g/mol. The molecule has 0 radical (unpaired) electrons. The van der Waals surface area contributed by atoms with Gasteiger partial charge in [0.25, 0.3) is 5.69 Å². The van der Waals surface area contributed by atoms with E-state index < -0.39 is 10.2 Å². The third-order valence-corrected chi connectivity index (χ3v) is 7.76. The van der Waals surface area contributed by atoms with Crippen LogP contribution in [0, 0.1) is 17.0 Å². The number of aryl methyl sites for hydroxylation is 1. The molecule has 3 aliphatic rings. The van der Waals surface area contributed by atoms with E-state index in [0.717, 1.165) is 43.7 Å². The first kappa shape index (κ1) is 22.8. The van der Waals surface area contributed by atoms with E-state index in [2.05, 4.69) is 5.32 Å². The molecule has 1 unspecified atom stereocenters. The number of nitro benzene ring substituents is 1. The van der Waals surface area contributed by atoms with Crippen molar-refractivity contribution in [1.82, 2.24) is 4.90 Å². The molecule has 1 aromatic carbocycles. The SMILES string of the molecule is Cc1cc([N+](=O)[O-])ccc1NC(=O)CC1SC(=NC2CCCC2)N(C2CCCCC2)C1=O. The normalized spacial score (nSPS) is 23.8. The van der Waals surface area contributed by atoms with E-state index in [4.69, 9.17) is 4.99 Å². The standard InChI is InChI=1S/C23H30N4O4S/c1-15-13-18(27(30)31)11-12-19(15)25-21(28)14-20-22(29)26(17-9-3-2-4-10-17)23(32-20)24-16-7-5-6-8-16/h11-13,16-17,20H,2-10,14H2,1H3,(H,25,28). The van der Waals surface area contributed by atoms with Crippen LogP contribution in [0.4, 0.5) is 11.4 Å². The summed E-state index contributed by atoms with van der Waals surface area (Å²) in [5.74, 6) is -0.271. The average Bonchev–Trinajstić information content (AvgIpc) is 3.38. The topological polar surface area (TPSA) is 105 Å². The van der Waals surface area contributed by atoms with Gasteiger partial charge in [-0.15, -0.1) is 0 Å². The van der Waals surface area contributed by atoms with Gasteiger partial charge in [-0.25, -0.2) is 0 Å². The van der Waals surface area contributed by atoms with E-state index in [0.29, 0.717) is 11.3 Å². The molecule has 1 aromatic rings. The Morgan fingerprint density at radius 3 is 2.53 bits per heavy atom. The lowest BCUT2D eigenvalue weighted by Gasteiger charge is -2.31. The Hall–Kier alpha value is -2.42. The minimum atomic E-state index is -0.476. The third kappa shape index (κ3) is 5.14. The van der Waals surface area contributed by atoms with Gasteiger partial charge < -0.3 is 5.32 Å².